The molecule has 0 bridgehead atoms. The number of thiophene rings is 1. The molecule has 0 unspecified atom stereocenters. The minimum atomic E-state index is 0.103. The molecule has 0 aromatic carbocycles. The molecule has 2 N–H and O–H groups in total. The van der Waals surface area contributed by atoms with Gasteiger partial charge in [-0.15, -0.1) is 11.3 Å². The maximum absolute atomic E-state index is 12.0. The Labute approximate surface area is 132 Å². The van der Waals surface area contributed by atoms with E-state index < -0.39 is 0 Å². The van der Waals surface area contributed by atoms with Gasteiger partial charge in [-0.2, -0.15) is 0 Å². The van der Waals surface area contributed by atoms with Crippen molar-refractivity contribution in [2.45, 2.75) is 32.9 Å². The van der Waals surface area contributed by atoms with E-state index in [1.807, 2.05) is 20.8 Å². The van der Waals surface area contributed by atoms with Gasteiger partial charge in [0.15, 0.2) is 5.16 Å². The number of nitrogen functional groups attached to an aromatic ring is 1. The lowest BCUT2D eigenvalue weighted by Crippen LogP contribution is -2.31. The fourth-order valence-corrected chi connectivity index (χ4v) is 3.97. The highest BCUT2D eigenvalue weighted by molar-refractivity contribution is 7.99. The molecular weight excluding hydrogens is 304 g/mol. The lowest BCUT2D eigenvalue weighted by atomic mass is 10.2. The molecule has 0 aliphatic rings. The Hall–Kier alpha value is -1.34. The van der Waals surface area contributed by atoms with Gasteiger partial charge in [-0.05, 0) is 33.3 Å². The van der Waals surface area contributed by atoms with Gasteiger partial charge in [0.05, 0.1) is 11.1 Å². The van der Waals surface area contributed by atoms with Gasteiger partial charge in [-0.3, -0.25) is 4.79 Å². The number of rotatable bonds is 5. The molecule has 0 saturated carbocycles. The van der Waals surface area contributed by atoms with Gasteiger partial charge in [-0.25, -0.2) is 9.97 Å². The maximum atomic E-state index is 12.0. The number of nitrogens with zero attached hydrogens (tertiary/aromatic N) is 3. The summed E-state index contributed by atoms with van der Waals surface area (Å²) in [5.74, 6) is 0.945. The second-order valence-electron chi connectivity index (χ2n) is 4.71. The number of amides is 1. The summed E-state index contributed by atoms with van der Waals surface area (Å²) in [5.41, 5.74) is 7.18. The van der Waals surface area contributed by atoms with Gasteiger partial charge in [0.1, 0.15) is 10.6 Å². The van der Waals surface area contributed by atoms with Gasteiger partial charge < -0.3 is 10.6 Å². The highest BCUT2D eigenvalue weighted by atomic mass is 32.2. The van der Waals surface area contributed by atoms with Crippen LogP contribution in [0.5, 0.6) is 0 Å². The molecule has 0 aliphatic carbocycles. The minimum Gasteiger partial charge on any atom is -0.383 e. The summed E-state index contributed by atoms with van der Waals surface area (Å²) < 4.78 is 0. The fraction of sp³-hybridized carbons (Fsp3) is 0.500. The molecule has 5 nitrogen and oxygen atoms in total. The third kappa shape index (κ3) is 3.29. The summed E-state index contributed by atoms with van der Waals surface area (Å²) in [5, 5.41) is 1.51. The van der Waals surface area contributed by atoms with Crippen molar-refractivity contribution in [3.8, 4) is 0 Å². The minimum absolute atomic E-state index is 0.103. The van der Waals surface area contributed by atoms with Gasteiger partial charge >= 0.3 is 0 Å². The molecule has 0 aliphatic heterocycles. The summed E-state index contributed by atoms with van der Waals surface area (Å²) in [6.07, 6.45) is 0. The van der Waals surface area contributed by atoms with E-state index in [4.69, 9.17) is 5.73 Å². The van der Waals surface area contributed by atoms with E-state index in [1.54, 1.807) is 16.2 Å². The normalized spacial score (nSPS) is 11.0. The molecule has 7 heteroatoms. The fourth-order valence-electron chi connectivity index (χ4n) is 2.12. The number of carbonyl (C=O) groups excluding carboxylic acids is 1. The zero-order valence-corrected chi connectivity index (χ0v) is 14.4. The number of carbonyl (C=O) groups is 1. The quantitative estimate of drug-likeness (QED) is 0.676. The Morgan fingerprint density at radius 3 is 2.57 bits per heavy atom. The molecule has 114 valence electrons. The Morgan fingerprint density at radius 2 is 1.95 bits per heavy atom. The zero-order chi connectivity index (χ0) is 15.6. The largest absolute Gasteiger partial charge is 0.383 e. The monoisotopic (exact) mass is 324 g/mol. The highest BCUT2D eigenvalue weighted by Gasteiger charge is 2.15. The second kappa shape index (κ2) is 6.62. The first-order valence-corrected chi connectivity index (χ1v) is 8.71. The van der Waals surface area contributed by atoms with E-state index >= 15 is 0 Å². The molecule has 0 fully saturated rings. The van der Waals surface area contributed by atoms with E-state index in [0.717, 1.165) is 28.9 Å². The van der Waals surface area contributed by atoms with Crippen molar-refractivity contribution in [2.24, 2.45) is 0 Å². The van der Waals surface area contributed by atoms with Crippen LogP contribution in [0.1, 0.15) is 24.3 Å². The number of hydrogen-bond donors (Lipinski definition) is 1. The predicted octanol–water partition coefficient (Wildman–Crippen LogP) is 2.85. The first-order chi connectivity index (χ1) is 9.97. The predicted molar refractivity (Wildman–Crippen MR) is 90.0 cm³/mol. The summed E-state index contributed by atoms with van der Waals surface area (Å²) >= 11 is 2.96. The number of aryl methyl sites for hydroxylation is 2. The summed E-state index contributed by atoms with van der Waals surface area (Å²) in [6.45, 7) is 9.48. The van der Waals surface area contributed by atoms with Crippen LogP contribution >= 0.6 is 23.1 Å². The first-order valence-electron chi connectivity index (χ1n) is 6.91. The summed E-state index contributed by atoms with van der Waals surface area (Å²) in [6, 6.07) is 0. The molecule has 2 heterocycles. The second-order valence-corrected chi connectivity index (χ2v) is 6.86. The molecule has 2 rings (SSSR count). The zero-order valence-electron chi connectivity index (χ0n) is 12.8. The average Bonchev–Trinajstić information content (AvgIpc) is 2.73. The van der Waals surface area contributed by atoms with E-state index in [1.165, 1.54) is 16.6 Å². The third-order valence-corrected chi connectivity index (χ3v) is 5.41. The number of aromatic nitrogens is 2. The number of hydrogen-bond acceptors (Lipinski definition) is 6. The number of thioether (sulfide) groups is 1. The summed E-state index contributed by atoms with van der Waals surface area (Å²) in [4.78, 5) is 24.8. The molecule has 0 spiro atoms. The van der Waals surface area contributed by atoms with Crippen molar-refractivity contribution in [2.75, 3.05) is 24.6 Å². The van der Waals surface area contributed by atoms with Crippen molar-refractivity contribution in [1.82, 2.24) is 14.9 Å². The van der Waals surface area contributed by atoms with Crippen LogP contribution in [0.25, 0.3) is 10.2 Å². The van der Waals surface area contributed by atoms with Crippen molar-refractivity contribution in [1.29, 1.82) is 0 Å². The van der Waals surface area contributed by atoms with Gasteiger partial charge in [-0.1, -0.05) is 11.8 Å². The summed E-state index contributed by atoms with van der Waals surface area (Å²) in [7, 11) is 0. The van der Waals surface area contributed by atoms with Crippen molar-refractivity contribution in [3.63, 3.8) is 0 Å². The van der Waals surface area contributed by atoms with Crippen LogP contribution in [0.3, 0.4) is 0 Å². The van der Waals surface area contributed by atoms with Crippen LogP contribution in [0.15, 0.2) is 5.16 Å². The molecule has 0 atom stereocenters. The van der Waals surface area contributed by atoms with Crippen LogP contribution < -0.4 is 5.73 Å². The molecule has 2 aromatic heterocycles. The van der Waals surface area contributed by atoms with Crippen LogP contribution in [0.2, 0.25) is 0 Å². The Balaban J connectivity index is 2.18. The Bertz CT molecular complexity index is 665. The molecule has 0 saturated heterocycles. The lowest BCUT2D eigenvalue weighted by Gasteiger charge is -2.17. The lowest BCUT2D eigenvalue weighted by molar-refractivity contribution is -0.127. The third-order valence-electron chi connectivity index (χ3n) is 3.48. The number of anilines is 1. The van der Waals surface area contributed by atoms with Gasteiger partial charge in [0.25, 0.3) is 0 Å². The SMILES string of the molecule is CCN(CC)C(=O)CSc1nc(N)c2c(C)c(C)sc2n1. The van der Waals surface area contributed by atoms with Crippen molar-refractivity contribution in [3.05, 3.63) is 10.4 Å². The average molecular weight is 324 g/mol. The van der Waals surface area contributed by atoms with Crippen LogP contribution in [0.4, 0.5) is 5.82 Å². The van der Waals surface area contributed by atoms with Crippen LogP contribution in [-0.2, 0) is 4.79 Å². The van der Waals surface area contributed by atoms with Gasteiger partial charge in [0.2, 0.25) is 5.91 Å². The number of nitrogens with two attached hydrogens (primary N) is 1. The standard InChI is InChI=1S/C14H20N4OS2/c1-5-18(6-2)10(19)7-20-14-16-12(15)11-8(3)9(4)21-13(11)17-14/h5-7H2,1-4H3,(H2,15,16,17). The first kappa shape index (κ1) is 16.0. The van der Waals surface area contributed by atoms with E-state index in [2.05, 4.69) is 16.9 Å². The molecule has 2 aromatic rings. The molecule has 1 amide bonds. The van der Waals surface area contributed by atoms with Crippen molar-refractivity contribution >= 4 is 45.0 Å². The highest BCUT2D eigenvalue weighted by Crippen LogP contribution is 2.33. The topological polar surface area (TPSA) is 72.1 Å². The maximum Gasteiger partial charge on any atom is 0.233 e. The van der Waals surface area contributed by atoms with E-state index in [0.29, 0.717) is 16.7 Å². The Kier molecular flexibility index (Phi) is 5.05. The number of fused-ring (bicyclic) bond motifs is 1. The van der Waals surface area contributed by atoms with Crippen LogP contribution in [0, 0.1) is 13.8 Å². The van der Waals surface area contributed by atoms with Crippen molar-refractivity contribution < 1.29 is 4.79 Å². The van der Waals surface area contributed by atoms with E-state index in [-0.39, 0.29) is 5.91 Å². The Morgan fingerprint density at radius 1 is 1.29 bits per heavy atom. The molecule has 21 heavy (non-hydrogen) atoms. The van der Waals surface area contributed by atoms with Crippen LogP contribution in [-0.4, -0.2) is 39.6 Å². The van der Waals surface area contributed by atoms with E-state index in [9.17, 15) is 4.79 Å². The molecule has 0 radical (unpaired) electrons. The molecular formula is C14H20N4OS2. The van der Waals surface area contributed by atoms with Gasteiger partial charge in [0, 0.05) is 18.0 Å². The smallest absolute Gasteiger partial charge is 0.233 e.